The van der Waals surface area contributed by atoms with Crippen LogP contribution in [0, 0.1) is 6.92 Å². The summed E-state index contributed by atoms with van der Waals surface area (Å²) in [5, 5.41) is 0. The molecule has 15 heavy (non-hydrogen) atoms. The highest BCUT2D eigenvalue weighted by molar-refractivity contribution is 7.89. The molecule has 0 aliphatic carbocycles. The van der Waals surface area contributed by atoms with Gasteiger partial charge in [0.2, 0.25) is 0 Å². The van der Waals surface area contributed by atoms with Gasteiger partial charge in [0.25, 0.3) is 10.0 Å². The number of rotatable bonds is 1. The predicted molar refractivity (Wildman–Crippen MR) is 61.8 cm³/mol. The minimum Gasteiger partial charge on any atom is -0.382 e. The Morgan fingerprint density at radius 2 is 2.20 bits per heavy atom. The molecule has 82 valence electrons. The highest BCUT2D eigenvalue weighted by atomic mass is 32.2. The zero-order chi connectivity index (χ0) is 11.2. The molecular weight excluding hydrogens is 232 g/mol. The first-order valence-electron chi connectivity index (χ1n) is 4.64. The molecule has 1 aliphatic rings. The third kappa shape index (κ3) is 1.68. The van der Waals surface area contributed by atoms with Gasteiger partial charge in [0.1, 0.15) is 11.6 Å². The predicted octanol–water partition coefficient (Wildman–Crippen LogP) is 1.17. The van der Waals surface area contributed by atoms with Crippen LogP contribution < -0.4 is 5.73 Å². The smallest absolute Gasteiger partial charge is 0.260 e. The van der Waals surface area contributed by atoms with E-state index in [9.17, 15) is 8.42 Å². The Labute approximate surface area is 92.9 Å². The number of nitrogens with two attached hydrogens (primary N) is 1. The summed E-state index contributed by atoms with van der Waals surface area (Å²) >= 11 is 1.51. The molecule has 4 nitrogen and oxygen atoms in total. The molecule has 0 unspecified atom stereocenters. The van der Waals surface area contributed by atoms with Crippen LogP contribution in [0.2, 0.25) is 0 Å². The van der Waals surface area contributed by atoms with Crippen LogP contribution >= 0.6 is 11.3 Å². The van der Waals surface area contributed by atoms with Crippen molar-refractivity contribution in [2.45, 2.75) is 26.0 Å². The molecule has 6 heteroatoms. The summed E-state index contributed by atoms with van der Waals surface area (Å²) in [6.07, 6.45) is 0.855. The lowest BCUT2D eigenvalue weighted by Gasteiger charge is -2.10. The molecular formula is C9H12N2O2S2. The molecule has 2 rings (SSSR count). The van der Waals surface area contributed by atoms with Gasteiger partial charge in [-0.1, -0.05) is 6.92 Å². The van der Waals surface area contributed by atoms with E-state index in [0.29, 0.717) is 0 Å². The number of fused-ring (bicyclic) bond motifs is 1. The SMILES string of the molecule is CCc1c(C)sc2c1C(N)=NS(=O)(=O)C2. The van der Waals surface area contributed by atoms with Crippen molar-refractivity contribution in [3.8, 4) is 0 Å². The molecule has 1 aromatic rings. The minimum atomic E-state index is -3.38. The van der Waals surface area contributed by atoms with Crippen LogP contribution in [0.25, 0.3) is 0 Å². The number of amidine groups is 1. The zero-order valence-electron chi connectivity index (χ0n) is 8.57. The normalized spacial score (nSPS) is 18.4. The van der Waals surface area contributed by atoms with Crippen molar-refractivity contribution < 1.29 is 8.42 Å². The third-order valence-corrected chi connectivity index (χ3v) is 4.90. The van der Waals surface area contributed by atoms with Crippen molar-refractivity contribution in [3.05, 3.63) is 20.9 Å². The van der Waals surface area contributed by atoms with Gasteiger partial charge in [0, 0.05) is 15.3 Å². The van der Waals surface area contributed by atoms with Crippen LogP contribution in [0.5, 0.6) is 0 Å². The van der Waals surface area contributed by atoms with Crippen molar-refractivity contribution >= 4 is 27.2 Å². The maximum atomic E-state index is 11.4. The Kier molecular flexibility index (Phi) is 2.35. The first-order valence-corrected chi connectivity index (χ1v) is 7.06. The van der Waals surface area contributed by atoms with Crippen molar-refractivity contribution in [1.29, 1.82) is 0 Å². The molecule has 0 saturated carbocycles. The Bertz CT molecular complexity index is 541. The van der Waals surface area contributed by atoms with E-state index in [-0.39, 0.29) is 11.6 Å². The molecule has 2 heterocycles. The fraction of sp³-hybridized carbons (Fsp3) is 0.444. The first-order chi connectivity index (χ1) is 6.94. The fourth-order valence-electron chi connectivity index (χ4n) is 1.86. The van der Waals surface area contributed by atoms with E-state index >= 15 is 0 Å². The third-order valence-electron chi connectivity index (χ3n) is 2.44. The Morgan fingerprint density at radius 1 is 1.53 bits per heavy atom. The minimum absolute atomic E-state index is 0.00542. The van der Waals surface area contributed by atoms with Crippen molar-refractivity contribution in [2.24, 2.45) is 10.1 Å². The summed E-state index contributed by atoms with van der Waals surface area (Å²) in [5.74, 6) is 0.145. The average molecular weight is 244 g/mol. The maximum absolute atomic E-state index is 11.4. The summed E-state index contributed by atoms with van der Waals surface area (Å²) in [7, 11) is -3.38. The molecule has 0 fully saturated rings. The molecule has 2 N–H and O–H groups in total. The van der Waals surface area contributed by atoms with Gasteiger partial charge >= 0.3 is 0 Å². The first kappa shape index (κ1) is 10.6. The van der Waals surface area contributed by atoms with E-state index in [1.165, 1.54) is 11.3 Å². The summed E-state index contributed by atoms with van der Waals surface area (Å²) < 4.78 is 26.3. The number of hydrogen-bond donors (Lipinski definition) is 1. The second kappa shape index (κ2) is 3.31. The zero-order valence-corrected chi connectivity index (χ0v) is 10.2. The molecule has 0 saturated heterocycles. The second-order valence-corrected chi connectivity index (χ2v) is 6.44. The molecule has 1 aromatic heterocycles. The lowest BCUT2D eigenvalue weighted by atomic mass is 10.1. The molecule has 0 radical (unpaired) electrons. The number of hydrogen-bond acceptors (Lipinski definition) is 4. The molecule has 0 spiro atoms. The van der Waals surface area contributed by atoms with Gasteiger partial charge in [-0.15, -0.1) is 15.7 Å². The van der Waals surface area contributed by atoms with Gasteiger partial charge in [-0.2, -0.15) is 0 Å². The van der Waals surface area contributed by atoms with Gasteiger partial charge < -0.3 is 5.73 Å². The number of aryl methyl sites for hydroxylation is 1. The molecule has 0 atom stereocenters. The Balaban J connectivity index is 2.70. The van der Waals surface area contributed by atoms with E-state index in [2.05, 4.69) is 4.40 Å². The lowest BCUT2D eigenvalue weighted by Crippen LogP contribution is -2.23. The van der Waals surface area contributed by atoms with Gasteiger partial charge in [0.05, 0.1) is 0 Å². The van der Waals surface area contributed by atoms with E-state index in [4.69, 9.17) is 5.73 Å². The van der Waals surface area contributed by atoms with Crippen LogP contribution in [0.15, 0.2) is 4.40 Å². The van der Waals surface area contributed by atoms with Gasteiger partial charge in [-0.05, 0) is 18.9 Å². The fourth-order valence-corrected chi connectivity index (χ4v) is 4.54. The summed E-state index contributed by atoms with van der Waals surface area (Å²) in [6, 6.07) is 0. The van der Waals surface area contributed by atoms with Crippen molar-refractivity contribution in [1.82, 2.24) is 0 Å². The van der Waals surface area contributed by atoms with Crippen LogP contribution in [0.3, 0.4) is 0 Å². The van der Waals surface area contributed by atoms with Gasteiger partial charge in [-0.3, -0.25) is 0 Å². The topological polar surface area (TPSA) is 72.5 Å². The van der Waals surface area contributed by atoms with Gasteiger partial charge in [0.15, 0.2) is 0 Å². The number of sulfonamides is 1. The molecule has 0 aromatic carbocycles. The van der Waals surface area contributed by atoms with Crippen LogP contribution in [-0.4, -0.2) is 14.3 Å². The van der Waals surface area contributed by atoms with Crippen LogP contribution in [0.1, 0.15) is 27.8 Å². The van der Waals surface area contributed by atoms with Crippen LogP contribution in [-0.2, 0) is 22.2 Å². The number of thiophene rings is 1. The highest BCUT2D eigenvalue weighted by Gasteiger charge is 2.27. The lowest BCUT2D eigenvalue weighted by molar-refractivity contribution is 0.597. The molecule has 1 aliphatic heterocycles. The summed E-state index contributed by atoms with van der Waals surface area (Å²) in [4.78, 5) is 1.97. The summed E-state index contributed by atoms with van der Waals surface area (Å²) in [6.45, 7) is 4.02. The molecule has 0 amide bonds. The highest BCUT2D eigenvalue weighted by Crippen LogP contribution is 2.32. The monoisotopic (exact) mass is 244 g/mol. The van der Waals surface area contributed by atoms with Crippen LogP contribution in [0.4, 0.5) is 0 Å². The maximum Gasteiger partial charge on any atom is 0.260 e. The Morgan fingerprint density at radius 3 is 2.80 bits per heavy atom. The van der Waals surface area contributed by atoms with E-state index < -0.39 is 10.0 Å². The standard InChI is InChI=1S/C9H12N2O2S2/c1-3-6-5(2)14-7-4-15(12,13)11-9(10)8(6)7/h3-4H2,1-2H3,(H2,10,11). The average Bonchev–Trinajstić information content (AvgIpc) is 2.38. The van der Waals surface area contributed by atoms with E-state index in [1.54, 1.807) is 0 Å². The van der Waals surface area contributed by atoms with Gasteiger partial charge in [-0.25, -0.2) is 8.42 Å². The molecule has 0 bridgehead atoms. The summed E-state index contributed by atoms with van der Waals surface area (Å²) in [5.41, 5.74) is 7.68. The Hall–Kier alpha value is -0.880. The van der Waals surface area contributed by atoms with E-state index in [0.717, 1.165) is 27.3 Å². The van der Waals surface area contributed by atoms with Crippen molar-refractivity contribution in [3.63, 3.8) is 0 Å². The largest absolute Gasteiger partial charge is 0.382 e. The van der Waals surface area contributed by atoms with E-state index in [1.807, 2.05) is 13.8 Å². The van der Waals surface area contributed by atoms with Crippen molar-refractivity contribution in [2.75, 3.05) is 0 Å². The quantitative estimate of drug-likeness (QED) is 0.806. The number of nitrogens with zero attached hydrogens (tertiary/aromatic N) is 1. The second-order valence-electron chi connectivity index (χ2n) is 3.49.